The number of nitrogens with one attached hydrogen (secondary N) is 2. The lowest BCUT2D eigenvalue weighted by Gasteiger charge is -2.11. The van der Waals surface area contributed by atoms with Gasteiger partial charge in [-0.3, -0.25) is 9.59 Å². The van der Waals surface area contributed by atoms with Crippen LogP contribution in [0.25, 0.3) is 0 Å². The molecule has 9 nitrogen and oxygen atoms in total. The van der Waals surface area contributed by atoms with Crippen LogP contribution in [0.1, 0.15) is 0 Å². The fourth-order valence-corrected chi connectivity index (χ4v) is 1.75. The van der Waals surface area contributed by atoms with Gasteiger partial charge in [-0.2, -0.15) is 0 Å². The van der Waals surface area contributed by atoms with Gasteiger partial charge in [-0.25, -0.2) is 0 Å². The second-order valence-electron chi connectivity index (χ2n) is 6.01. The third-order valence-electron chi connectivity index (χ3n) is 2.80. The van der Waals surface area contributed by atoms with E-state index in [1.807, 2.05) is 38.0 Å². The van der Waals surface area contributed by atoms with Crippen LogP contribution in [-0.2, 0) is 23.8 Å². The van der Waals surface area contributed by atoms with Gasteiger partial charge < -0.3 is 34.6 Å². The highest BCUT2D eigenvalue weighted by Gasteiger charge is 2.02. The Morgan fingerprint density at radius 3 is 1.28 bits per heavy atom. The highest BCUT2D eigenvalue weighted by Crippen LogP contribution is 1.82. The molecule has 0 heterocycles. The third kappa shape index (κ3) is 18.9. The van der Waals surface area contributed by atoms with Crippen LogP contribution in [0.5, 0.6) is 0 Å². The largest absolute Gasteiger partial charge is 0.377 e. The minimum absolute atomic E-state index is 0.0140. The zero-order valence-electron chi connectivity index (χ0n) is 16.0. The lowest BCUT2D eigenvalue weighted by molar-refractivity contribution is -0.122. The van der Waals surface area contributed by atoms with Crippen LogP contribution in [0.15, 0.2) is 0 Å². The summed E-state index contributed by atoms with van der Waals surface area (Å²) < 4.78 is 16.0. The SMILES string of the molecule is CN(C)CC(=O)NCCOCCOCCOCCNC(=O)CN(C)C. The first-order valence-electron chi connectivity index (χ1n) is 8.48. The average molecular weight is 362 g/mol. The number of carbonyl (C=O) groups excluding carboxylic acids is 2. The number of rotatable bonds is 16. The Morgan fingerprint density at radius 2 is 0.960 bits per heavy atom. The molecule has 148 valence electrons. The summed E-state index contributed by atoms with van der Waals surface area (Å²) in [5.74, 6) is -0.0280. The monoisotopic (exact) mass is 362 g/mol. The molecule has 9 heteroatoms. The van der Waals surface area contributed by atoms with Gasteiger partial charge in [0.2, 0.25) is 11.8 Å². The van der Waals surface area contributed by atoms with Gasteiger partial charge in [-0.05, 0) is 28.2 Å². The van der Waals surface area contributed by atoms with Crippen molar-refractivity contribution in [3.05, 3.63) is 0 Å². The van der Waals surface area contributed by atoms with Crippen molar-refractivity contribution >= 4 is 11.8 Å². The van der Waals surface area contributed by atoms with Gasteiger partial charge in [-0.1, -0.05) is 0 Å². The molecule has 0 aliphatic rings. The lowest BCUT2D eigenvalue weighted by Crippen LogP contribution is -2.35. The zero-order valence-corrected chi connectivity index (χ0v) is 16.0. The van der Waals surface area contributed by atoms with Crippen LogP contribution in [-0.4, -0.2) is 116 Å². The number of hydrogen-bond acceptors (Lipinski definition) is 7. The quantitative estimate of drug-likeness (QED) is 0.319. The van der Waals surface area contributed by atoms with E-state index in [1.54, 1.807) is 0 Å². The average Bonchev–Trinajstić information content (AvgIpc) is 2.50. The summed E-state index contributed by atoms with van der Waals surface area (Å²) in [5, 5.41) is 5.53. The van der Waals surface area contributed by atoms with Gasteiger partial charge in [0.15, 0.2) is 0 Å². The maximum absolute atomic E-state index is 11.3. The molecule has 0 aromatic heterocycles. The Balaban J connectivity index is 3.19. The summed E-state index contributed by atoms with van der Waals surface area (Å²) >= 11 is 0. The molecule has 0 saturated carbocycles. The summed E-state index contributed by atoms with van der Waals surface area (Å²) in [7, 11) is 7.38. The van der Waals surface area contributed by atoms with Crippen LogP contribution in [0, 0.1) is 0 Å². The molecular formula is C16H34N4O5. The van der Waals surface area contributed by atoms with E-state index in [4.69, 9.17) is 14.2 Å². The van der Waals surface area contributed by atoms with Crippen molar-refractivity contribution in [3.8, 4) is 0 Å². The molecule has 0 bridgehead atoms. The molecule has 2 amide bonds. The van der Waals surface area contributed by atoms with Crippen molar-refractivity contribution < 1.29 is 23.8 Å². The van der Waals surface area contributed by atoms with E-state index in [2.05, 4.69) is 10.6 Å². The maximum Gasteiger partial charge on any atom is 0.234 e. The van der Waals surface area contributed by atoms with Crippen molar-refractivity contribution in [2.45, 2.75) is 0 Å². The fraction of sp³-hybridized carbons (Fsp3) is 0.875. The van der Waals surface area contributed by atoms with E-state index < -0.39 is 0 Å². The zero-order chi connectivity index (χ0) is 18.9. The van der Waals surface area contributed by atoms with Crippen molar-refractivity contribution in [3.63, 3.8) is 0 Å². The summed E-state index contributed by atoms with van der Waals surface area (Å²) in [5.41, 5.74) is 0. The maximum atomic E-state index is 11.3. The third-order valence-corrected chi connectivity index (χ3v) is 2.80. The summed E-state index contributed by atoms with van der Waals surface area (Å²) in [6.45, 7) is 4.59. The number of ether oxygens (including phenoxy) is 3. The van der Waals surface area contributed by atoms with Gasteiger partial charge in [-0.15, -0.1) is 0 Å². The Labute approximate surface area is 150 Å². The number of amides is 2. The van der Waals surface area contributed by atoms with Crippen molar-refractivity contribution in [2.75, 3.05) is 94.0 Å². The first kappa shape index (κ1) is 23.7. The van der Waals surface area contributed by atoms with E-state index in [0.29, 0.717) is 65.8 Å². The second-order valence-corrected chi connectivity index (χ2v) is 6.01. The normalized spacial score (nSPS) is 11.1. The molecule has 0 radical (unpaired) electrons. The van der Waals surface area contributed by atoms with E-state index in [-0.39, 0.29) is 11.8 Å². The van der Waals surface area contributed by atoms with E-state index in [1.165, 1.54) is 0 Å². The van der Waals surface area contributed by atoms with Crippen molar-refractivity contribution in [2.24, 2.45) is 0 Å². The van der Waals surface area contributed by atoms with Crippen LogP contribution in [0.3, 0.4) is 0 Å². The highest BCUT2D eigenvalue weighted by molar-refractivity contribution is 5.78. The van der Waals surface area contributed by atoms with Crippen molar-refractivity contribution in [1.29, 1.82) is 0 Å². The molecule has 2 N–H and O–H groups in total. The molecule has 0 unspecified atom stereocenters. The van der Waals surface area contributed by atoms with Gasteiger partial charge in [0.25, 0.3) is 0 Å². The van der Waals surface area contributed by atoms with Crippen LogP contribution < -0.4 is 10.6 Å². The van der Waals surface area contributed by atoms with Gasteiger partial charge in [0, 0.05) is 13.1 Å². The smallest absolute Gasteiger partial charge is 0.234 e. The molecule has 0 aromatic carbocycles. The summed E-state index contributed by atoms with van der Waals surface area (Å²) in [6.07, 6.45) is 0. The van der Waals surface area contributed by atoms with E-state index in [0.717, 1.165) is 0 Å². The van der Waals surface area contributed by atoms with Gasteiger partial charge >= 0.3 is 0 Å². The predicted molar refractivity (Wildman–Crippen MR) is 95.6 cm³/mol. The second kappa shape index (κ2) is 16.2. The minimum Gasteiger partial charge on any atom is -0.377 e. The molecule has 0 saturated heterocycles. The molecular weight excluding hydrogens is 328 g/mol. The number of hydrogen-bond donors (Lipinski definition) is 2. The van der Waals surface area contributed by atoms with Crippen LogP contribution >= 0.6 is 0 Å². The van der Waals surface area contributed by atoms with Crippen LogP contribution in [0.4, 0.5) is 0 Å². The standard InChI is InChI=1S/C16H34N4O5/c1-19(2)13-15(21)17-5-7-23-9-11-25-12-10-24-8-6-18-16(22)14-20(3)4/h5-14H2,1-4H3,(H,17,21)(H,18,22). The Morgan fingerprint density at radius 1 is 0.640 bits per heavy atom. The Kier molecular flexibility index (Phi) is 15.4. The molecule has 25 heavy (non-hydrogen) atoms. The molecule has 0 aliphatic heterocycles. The lowest BCUT2D eigenvalue weighted by atomic mass is 10.5. The molecule has 0 spiro atoms. The summed E-state index contributed by atoms with van der Waals surface area (Å²) in [6, 6.07) is 0. The first-order valence-corrected chi connectivity index (χ1v) is 8.48. The molecule has 0 aromatic rings. The van der Waals surface area contributed by atoms with E-state index >= 15 is 0 Å². The number of nitrogens with zero attached hydrogens (tertiary/aromatic N) is 2. The first-order chi connectivity index (χ1) is 11.9. The predicted octanol–water partition coefficient (Wildman–Crippen LogP) is -1.61. The van der Waals surface area contributed by atoms with Gasteiger partial charge in [0.1, 0.15) is 0 Å². The topological polar surface area (TPSA) is 92.4 Å². The Hall–Kier alpha value is -1.26. The molecule has 0 aliphatic carbocycles. The number of likely N-dealkylation sites (N-methyl/N-ethyl adjacent to an activating group) is 2. The highest BCUT2D eigenvalue weighted by atomic mass is 16.5. The minimum atomic E-state index is -0.0140. The fourth-order valence-electron chi connectivity index (χ4n) is 1.75. The van der Waals surface area contributed by atoms with Gasteiger partial charge in [0.05, 0.1) is 52.7 Å². The molecule has 0 fully saturated rings. The van der Waals surface area contributed by atoms with E-state index in [9.17, 15) is 9.59 Å². The van der Waals surface area contributed by atoms with Crippen molar-refractivity contribution in [1.82, 2.24) is 20.4 Å². The molecule has 0 atom stereocenters. The molecule has 0 rings (SSSR count). The Bertz CT molecular complexity index is 321. The summed E-state index contributed by atoms with van der Waals surface area (Å²) in [4.78, 5) is 26.3. The van der Waals surface area contributed by atoms with Crippen LogP contribution in [0.2, 0.25) is 0 Å². The number of carbonyl (C=O) groups is 2.